The second-order valence-electron chi connectivity index (χ2n) is 11.1. The number of carbonyl (C=O) groups is 4. The quantitative estimate of drug-likeness (QED) is 0.0504. The first kappa shape index (κ1) is 34.1. The Labute approximate surface area is 271 Å². The van der Waals surface area contributed by atoms with Gasteiger partial charge in [-0.05, 0) is 55.5 Å². The van der Waals surface area contributed by atoms with Crippen LogP contribution in [0, 0.1) is 15.5 Å². The molecule has 1 saturated heterocycles. The summed E-state index contributed by atoms with van der Waals surface area (Å²) in [4.78, 5) is 66.1. The smallest absolute Gasteiger partial charge is 0.269 e. The predicted octanol–water partition coefficient (Wildman–Crippen LogP) is 2.31. The van der Waals surface area contributed by atoms with Crippen molar-refractivity contribution in [3.05, 3.63) is 106 Å². The van der Waals surface area contributed by atoms with Crippen molar-refractivity contribution < 1.29 is 24.1 Å². The minimum atomic E-state index is -1.08. The maximum atomic E-state index is 13.8. The largest absolute Gasteiger partial charge is 0.370 e. The highest BCUT2D eigenvalue weighted by Crippen LogP contribution is 2.21. The van der Waals surface area contributed by atoms with Gasteiger partial charge < -0.3 is 31.9 Å². The molecule has 47 heavy (non-hydrogen) atoms. The van der Waals surface area contributed by atoms with Gasteiger partial charge in [-0.25, -0.2) is 0 Å². The summed E-state index contributed by atoms with van der Waals surface area (Å²) in [5.74, 6) is -2.16. The number of carbonyl (C=O) groups excluding carboxylic acids is 4. The second-order valence-corrected chi connectivity index (χ2v) is 11.1. The minimum Gasteiger partial charge on any atom is -0.370 e. The van der Waals surface area contributed by atoms with E-state index in [0.29, 0.717) is 37.1 Å². The first-order chi connectivity index (χ1) is 22.6. The normalized spacial score (nSPS) is 15.1. The molecule has 0 aromatic heterocycles. The number of hydrogen-bond acceptors (Lipinski definition) is 7. The molecule has 0 spiro atoms. The number of nitrogens with zero attached hydrogens (tertiary/aromatic N) is 2. The number of rotatable bonds is 14. The molecule has 0 bridgehead atoms. The maximum Gasteiger partial charge on any atom is 0.269 e. The summed E-state index contributed by atoms with van der Waals surface area (Å²) in [5.41, 5.74) is 6.75. The summed E-state index contributed by atoms with van der Waals surface area (Å²) >= 11 is 0. The summed E-state index contributed by atoms with van der Waals surface area (Å²) < 4.78 is 0. The molecule has 4 rings (SSSR count). The van der Waals surface area contributed by atoms with Crippen molar-refractivity contribution in [3.63, 3.8) is 0 Å². The van der Waals surface area contributed by atoms with Crippen molar-refractivity contribution in [2.24, 2.45) is 5.73 Å². The molecule has 246 valence electrons. The van der Waals surface area contributed by atoms with Gasteiger partial charge in [0.25, 0.3) is 11.6 Å². The molecule has 14 heteroatoms. The van der Waals surface area contributed by atoms with E-state index in [1.54, 1.807) is 30.3 Å². The van der Waals surface area contributed by atoms with E-state index in [-0.39, 0.29) is 36.9 Å². The van der Waals surface area contributed by atoms with Crippen molar-refractivity contribution in [2.75, 3.05) is 18.4 Å². The van der Waals surface area contributed by atoms with E-state index < -0.39 is 40.8 Å². The summed E-state index contributed by atoms with van der Waals surface area (Å²) in [7, 11) is 0. The molecule has 1 heterocycles. The van der Waals surface area contributed by atoms with Crippen LogP contribution in [0.4, 0.5) is 11.4 Å². The van der Waals surface area contributed by atoms with Gasteiger partial charge in [-0.1, -0.05) is 48.5 Å². The highest BCUT2D eigenvalue weighted by molar-refractivity contribution is 6.00. The molecule has 1 aliphatic heterocycles. The molecule has 7 N–H and O–H groups in total. The summed E-state index contributed by atoms with van der Waals surface area (Å²) in [6, 6.07) is 20.1. The number of anilines is 1. The van der Waals surface area contributed by atoms with Gasteiger partial charge in [0.2, 0.25) is 17.7 Å². The maximum absolute atomic E-state index is 13.8. The first-order valence-corrected chi connectivity index (χ1v) is 15.3. The highest BCUT2D eigenvalue weighted by Gasteiger charge is 2.37. The van der Waals surface area contributed by atoms with Gasteiger partial charge in [-0.2, -0.15) is 0 Å². The Morgan fingerprint density at radius 3 is 2.21 bits per heavy atom. The first-order valence-electron chi connectivity index (χ1n) is 15.3. The number of non-ortho nitro benzene ring substituents is 1. The van der Waals surface area contributed by atoms with Gasteiger partial charge in [0.15, 0.2) is 5.96 Å². The fourth-order valence-electron chi connectivity index (χ4n) is 5.32. The van der Waals surface area contributed by atoms with Crippen LogP contribution in [-0.4, -0.2) is 70.6 Å². The standard InChI is InChI=1S/C33H38N8O6/c34-33(35)36-19-7-13-26(29(42)37-24-15-17-25(18-16-24)41(46)47)38-30(43)27(21-22-9-3-1-4-10-22)39-31(44)28-14-8-20-40(28)32(45)23-11-5-2-6-12-23/h1-6,9-12,15-18,26-28H,7-8,13-14,19-21H2,(H,37,42)(H,38,43)(H,39,44)(H4,34,35,36)/t26-,27-,28-/m0/s1. The van der Waals surface area contributed by atoms with E-state index >= 15 is 0 Å². The van der Waals surface area contributed by atoms with Gasteiger partial charge in [0, 0.05) is 42.9 Å². The van der Waals surface area contributed by atoms with Crippen LogP contribution >= 0.6 is 0 Å². The summed E-state index contributed by atoms with van der Waals surface area (Å²) in [6.07, 6.45) is 1.70. The lowest BCUT2D eigenvalue weighted by Gasteiger charge is -2.27. The van der Waals surface area contributed by atoms with Crippen molar-refractivity contribution in [2.45, 2.75) is 50.2 Å². The van der Waals surface area contributed by atoms with Gasteiger partial charge in [-0.3, -0.25) is 34.7 Å². The van der Waals surface area contributed by atoms with Crippen LogP contribution in [-0.2, 0) is 20.8 Å². The minimum absolute atomic E-state index is 0.125. The van der Waals surface area contributed by atoms with Crippen LogP contribution in [0.2, 0.25) is 0 Å². The highest BCUT2D eigenvalue weighted by atomic mass is 16.6. The fraction of sp³-hybridized carbons (Fsp3) is 0.303. The Morgan fingerprint density at radius 1 is 0.915 bits per heavy atom. The lowest BCUT2D eigenvalue weighted by molar-refractivity contribution is -0.384. The molecule has 4 amide bonds. The van der Waals surface area contributed by atoms with Crippen LogP contribution in [0.25, 0.3) is 0 Å². The van der Waals surface area contributed by atoms with Gasteiger partial charge in [-0.15, -0.1) is 0 Å². The number of likely N-dealkylation sites (tertiary alicyclic amines) is 1. The SMILES string of the molecule is N=C(N)NCCC[C@H](NC(=O)[C@H](Cc1ccccc1)NC(=O)[C@@H]1CCCN1C(=O)c1ccccc1)C(=O)Nc1ccc([N+](=O)[O-])cc1. The van der Waals surface area contributed by atoms with Crippen LogP contribution in [0.5, 0.6) is 0 Å². The molecular weight excluding hydrogens is 604 g/mol. The molecule has 3 atom stereocenters. The van der Waals surface area contributed by atoms with Gasteiger partial charge >= 0.3 is 0 Å². The Bertz CT molecular complexity index is 1570. The number of nitro groups is 1. The van der Waals surface area contributed by atoms with E-state index in [9.17, 15) is 29.3 Å². The fourth-order valence-corrected chi connectivity index (χ4v) is 5.32. The zero-order chi connectivity index (χ0) is 33.8. The topological polar surface area (TPSA) is 213 Å². The zero-order valence-electron chi connectivity index (χ0n) is 25.7. The molecule has 3 aromatic rings. The third-order valence-electron chi connectivity index (χ3n) is 7.72. The number of nitrogens with one attached hydrogen (secondary N) is 5. The third-order valence-corrected chi connectivity index (χ3v) is 7.72. The van der Waals surface area contributed by atoms with Crippen molar-refractivity contribution in [1.82, 2.24) is 20.9 Å². The van der Waals surface area contributed by atoms with E-state index in [1.807, 2.05) is 30.3 Å². The molecule has 0 aliphatic carbocycles. The number of nitrogens with two attached hydrogens (primary N) is 1. The van der Waals surface area contributed by atoms with Crippen molar-refractivity contribution >= 4 is 41.0 Å². The molecular formula is C33H38N8O6. The Hall–Kier alpha value is -5.79. The second kappa shape index (κ2) is 16.5. The molecule has 1 fully saturated rings. The number of nitro benzene ring substituents is 1. The van der Waals surface area contributed by atoms with E-state index in [0.717, 1.165) is 5.56 Å². The van der Waals surface area contributed by atoms with E-state index in [2.05, 4.69) is 21.3 Å². The molecule has 0 unspecified atom stereocenters. The third kappa shape index (κ3) is 9.85. The average Bonchev–Trinajstić information content (AvgIpc) is 3.57. The number of hydrogen-bond donors (Lipinski definition) is 6. The van der Waals surface area contributed by atoms with E-state index in [1.165, 1.54) is 29.2 Å². The molecule has 0 saturated carbocycles. The van der Waals surface area contributed by atoms with Crippen molar-refractivity contribution in [3.8, 4) is 0 Å². The predicted molar refractivity (Wildman–Crippen MR) is 175 cm³/mol. The Kier molecular flexibility index (Phi) is 12.0. The average molecular weight is 643 g/mol. The van der Waals surface area contributed by atoms with Crippen LogP contribution in [0.3, 0.4) is 0 Å². The van der Waals surface area contributed by atoms with E-state index in [4.69, 9.17) is 11.1 Å². The van der Waals surface area contributed by atoms with Gasteiger partial charge in [0.1, 0.15) is 18.1 Å². The molecule has 3 aromatic carbocycles. The van der Waals surface area contributed by atoms with Gasteiger partial charge in [0.05, 0.1) is 4.92 Å². The van der Waals surface area contributed by atoms with Crippen molar-refractivity contribution in [1.29, 1.82) is 5.41 Å². The monoisotopic (exact) mass is 642 g/mol. The van der Waals surface area contributed by atoms with Crippen LogP contribution in [0.15, 0.2) is 84.9 Å². The summed E-state index contributed by atoms with van der Waals surface area (Å²) in [6.45, 7) is 0.671. The lowest BCUT2D eigenvalue weighted by atomic mass is 10.0. The molecule has 14 nitrogen and oxygen atoms in total. The zero-order valence-corrected chi connectivity index (χ0v) is 25.7. The molecule has 1 aliphatic rings. The Morgan fingerprint density at radius 2 is 1.57 bits per heavy atom. The van der Waals surface area contributed by atoms with Crippen LogP contribution < -0.4 is 27.0 Å². The molecule has 0 radical (unpaired) electrons. The lowest BCUT2D eigenvalue weighted by Crippen LogP contribution is -2.56. The number of amides is 4. The number of guanidine groups is 1. The number of benzene rings is 3. The summed E-state index contributed by atoms with van der Waals surface area (Å²) in [5, 5.41) is 29.3. The Balaban J connectivity index is 1.51. The van der Waals surface area contributed by atoms with Crippen LogP contribution in [0.1, 0.15) is 41.6 Å².